The van der Waals surface area contributed by atoms with E-state index >= 15 is 0 Å². The number of benzene rings is 3. The van der Waals surface area contributed by atoms with Crippen LogP contribution in [0, 0.1) is 11.8 Å². The Morgan fingerprint density at radius 2 is 1.48 bits per heavy atom. The number of esters is 1. The van der Waals surface area contributed by atoms with Crippen molar-refractivity contribution in [3.63, 3.8) is 0 Å². The molecule has 5 rings (SSSR count). The number of piperidine rings is 1. The molecule has 270 valence electrons. The Labute approximate surface area is 298 Å². The summed E-state index contributed by atoms with van der Waals surface area (Å²) in [5.74, 6) is -2.89. The first-order valence-corrected chi connectivity index (χ1v) is 19.7. The van der Waals surface area contributed by atoms with E-state index in [-0.39, 0.29) is 24.3 Å². The molecule has 1 N–H and O–H groups in total. The number of nitrogens with zero attached hydrogens (tertiary/aromatic N) is 1. The predicted molar refractivity (Wildman–Crippen MR) is 195 cm³/mol. The summed E-state index contributed by atoms with van der Waals surface area (Å²) in [4.78, 5) is 27.7. The molecule has 0 saturated carbocycles. The average molecular weight is 704 g/mol. The predicted octanol–water partition coefficient (Wildman–Crippen LogP) is 3.78. The van der Waals surface area contributed by atoms with Crippen LogP contribution in [0.15, 0.2) is 91.0 Å². The lowest BCUT2D eigenvalue weighted by atomic mass is 9.83. The van der Waals surface area contributed by atoms with Crippen LogP contribution in [0.2, 0.25) is 0 Å². The number of hydrogen-bond donors (Lipinski definition) is 1. The van der Waals surface area contributed by atoms with Crippen molar-refractivity contribution in [2.75, 3.05) is 34.5 Å². The molecule has 2 fully saturated rings. The zero-order valence-electron chi connectivity index (χ0n) is 30.0. The second-order valence-corrected chi connectivity index (χ2v) is 17.2. The topological polar surface area (TPSA) is 104 Å². The van der Waals surface area contributed by atoms with Crippen molar-refractivity contribution in [2.45, 2.75) is 82.5 Å². The number of carbonyl (C=O) groups excluding carboxylic acids is 2. The first-order valence-electron chi connectivity index (χ1n) is 17.8. The molecule has 2 heterocycles. The number of amides is 1. The lowest BCUT2D eigenvalue weighted by Gasteiger charge is -2.48. The highest BCUT2D eigenvalue weighted by atomic mass is 28.4. The summed E-state index contributed by atoms with van der Waals surface area (Å²) in [5.41, 5.74) is 0. The van der Waals surface area contributed by atoms with Crippen LogP contribution in [0.3, 0.4) is 0 Å². The number of rotatable bonds is 14. The van der Waals surface area contributed by atoms with E-state index < -0.39 is 44.2 Å². The normalized spacial score (nSPS) is 25.4. The van der Waals surface area contributed by atoms with Gasteiger partial charge in [0.1, 0.15) is 12.1 Å². The molecule has 0 unspecified atom stereocenters. The molecule has 9 nitrogen and oxygen atoms in total. The van der Waals surface area contributed by atoms with Gasteiger partial charge in [-0.1, -0.05) is 105 Å². The number of ether oxygens (including phenoxy) is 4. The van der Waals surface area contributed by atoms with E-state index in [0.29, 0.717) is 32.4 Å². The molecule has 3 aromatic carbocycles. The molecule has 0 bridgehead atoms. The van der Waals surface area contributed by atoms with Gasteiger partial charge in [0.25, 0.3) is 8.32 Å². The molecule has 10 heteroatoms. The summed E-state index contributed by atoms with van der Waals surface area (Å²) in [6.07, 6.45) is 1.48. The zero-order valence-corrected chi connectivity index (χ0v) is 31.0. The minimum absolute atomic E-state index is 0.0345. The summed E-state index contributed by atoms with van der Waals surface area (Å²) < 4.78 is 30.7. The van der Waals surface area contributed by atoms with Crippen LogP contribution in [0.4, 0.5) is 0 Å². The van der Waals surface area contributed by atoms with Gasteiger partial charge in [-0.2, -0.15) is 0 Å². The Kier molecular flexibility index (Phi) is 13.0. The number of methoxy groups -OCH3 is 3. The third-order valence-corrected chi connectivity index (χ3v) is 14.5. The second-order valence-electron chi connectivity index (χ2n) is 13.8. The van der Waals surface area contributed by atoms with E-state index in [0.717, 1.165) is 28.4 Å². The fourth-order valence-corrected chi connectivity index (χ4v) is 11.7. The van der Waals surface area contributed by atoms with E-state index in [1.807, 2.05) is 25.1 Å². The monoisotopic (exact) mass is 703 g/mol. The van der Waals surface area contributed by atoms with E-state index in [4.69, 9.17) is 23.4 Å². The standard InChI is InChI=1S/C40H53NO8Si/c1-29(28-48-50(31-17-9-6-10-18-31,32-19-11-7-12-20-32)33-21-13-8-14-22-33)25-35(45-3)38-36(46-4)26-30(2)40(44,49-38)27-37(42)41-24-16-15-23-34(41)39(43)47-5/h6-14,17-22,29-30,34-36,38,44H,15-16,23-28H2,1-5H3/t29-,30-,34+,35+,36+,38-,40+/m1/s1. The van der Waals surface area contributed by atoms with Crippen molar-refractivity contribution in [3.8, 4) is 0 Å². The van der Waals surface area contributed by atoms with E-state index in [2.05, 4.69) is 79.7 Å². The largest absolute Gasteiger partial charge is 0.467 e. The van der Waals surface area contributed by atoms with Crippen LogP contribution >= 0.6 is 0 Å². The minimum Gasteiger partial charge on any atom is -0.467 e. The highest BCUT2D eigenvalue weighted by Gasteiger charge is 2.51. The van der Waals surface area contributed by atoms with Gasteiger partial charge in [0.2, 0.25) is 5.91 Å². The molecule has 0 radical (unpaired) electrons. The third-order valence-electron chi connectivity index (χ3n) is 10.5. The fourth-order valence-electron chi connectivity index (χ4n) is 7.65. The molecule has 50 heavy (non-hydrogen) atoms. The SMILES string of the molecule is COC(=O)[C@@H]1CCCCN1C(=O)C[C@]1(O)O[C@H]([C@H](C[C@@H](C)CO[Si](c2ccccc2)(c2ccccc2)c2ccccc2)OC)[C@@H](OC)C[C@H]1C. The Balaban J connectivity index is 1.35. The highest BCUT2D eigenvalue weighted by Crippen LogP contribution is 2.39. The number of likely N-dealkylation sites (tertiary alicyclic amines) is 1. The molecular weight excluding hydrogens is 651 g/mol. The molecule has 7 atom stereocenters. The maximum absolute atomic E-state index is 13.7. The van der Waals surface area contributed by atoms with Gasteiger partial charge >= 0.3 is 5.97 Å². The second kappa shape index (κ2) is 17.2. The first kappa shape index (κ1) is 37.9. The lowest BCUT2D eigenvalue weighted by molar-refractivity contribution is -0.321. The summed E-state index contributed by atoms with van der Waals surface area (Å²) >= 11 is 0. The number of carbonyl (C=O) groups is 2. The van der Waals surface area contributed by atoms with Crippen LogP contribution in [0.1, 0.15) is 52.4 Å². The average Bonchev–Trinajstić information content (AvgIpc) is 3.16. The molecular formula is C40H53NO8Si. The van der Waals surface area contributed by atoms with Crippen LogP contribution in [-0.4, -0.2) is 94.8 Å². The van der Waals surface area contributed by atoms with Crippen molar-refractivity contribution in [1.82, 2.24) is 4.90 Å². The molecule has 2 aliphatic heterocycles. The van der Waals surface area contributed by atoms with E-state index in [9.17, 15) is 14.7 Å². The smallest absolute Gasteiger partial charge is 0.328 e. The van der Waals surface area contributed by atoms with Crippen LogP contribution < -0.4 is 15.6 Å². The molecule has 0 spiro atoms. The van der Waals surface area contributed by atoms with Crippen molar-refractivity contribution in [1.29, 1.82) is 0 Å². The molecule has 0 aromatic heterocycles. The maximum atomic E-state index is 13.7. The minimum atomic E-state index is -2.90. The lowest BCUT2D eigenvalue weighted by Crippen LogP contribution is -2.69. The fraction of sp³-hybridized carbons (Fsp3) is 0.500. The Morgan fingerprint density at radius 3 is 1.98 bits per heavy atom. The number of hydrogen-bond acceptors (Lipinski definition) is 8. The number of aliphatic hydroxyl groups is 1. The molecule has 0 aliphatic carbocycles. The molecule has 2 saturated heterocycles. The van der Waals surface area contributed by atoms with Crippen LogP contribution in [0.5, 0.6) is 0 Å². The Bertz CT molecular complexity index is 1410. The van der Waals surface area contributed by atoms with Crippen molar-refractivity contribution >= 4 is 35.8 Å². The highest BCUT2D eigenvalue weighted by molar-refractivity contribution is 7.07. The Morgan fingerprint density at radius 1 is 0.920 bits per heavy atom. The van der Waals surface area contributed by atoms with E-state index in [1.54, 1.807) is 14.2 Å². The van der Waals surface area contributed by atoms with Crippen LogP contribution in [0.25, 0.3) is 0 Å². The van der Waals surface area contributed by atoms with Crippen molar-refractivity contribution in [2.24, 2.45) is 11.8 Å². The van der Waals surface area contributed by atoms with Gasteiger partial charge in [-0.05, 0) is 53.6 Å². The van der Waals surface area contributed by atoms with Gasteiger partial charge in [-0.3, -0.25) is 4.79 Å². The molecule has 1 amide bonds. The van der Waals surface area contributed by atoms with Crippen molar-refractivity contribution in [3.05, 3.63) is 91.0 Å². The Hall–Kier alpha value is -3.38. The molecule has 2 aliphatic rings. The summed E-state index contributed by atoms with van der Waals surface area (Å²) in [6, 6.07) is 30.8. The quantitative estimate of drug-likeness (QED) is 0.154. The summed E-state index contributed by atoms with van der Waals surface area (Å²) in [5, 5.41) is 15.4. The molecule has 3 aromatic rings. The van der Waals surface area contributed by atoms with Gasteiger partial charge in [0, 0.05) is 33.3 Å². The summed E-state index contributed by atoms with van der Waals surface area (Å²) in [7, 11) is 1.71. The maximum Gasteiger partial charge on any atom is 0.328 e. The summed E-state index contributed by atoms with van der Waals surface area (Å²) in [6.45, 7) is 4.89. The first-order chi connectivity index (χ1) is 24.2. The van der Waals surface area contributed by atoms with Gasteiger partial charge < -0.3 is 33.4 Å². The van der Waals surface area contributed by atoms with Crippen molar-refractivity contribution < 1.29 is 38.1 Å². The van der Waals surface area contributed by atoms with Gasteiger partial charge in [0.15, 0.2) is 5.79 Å². The third kappa shape index (κ3) is 8.22. The zero-order chi connectivity index (χ0) is 35.7. The van der Waals surface area contributed by atoms with E-state index in [1.165, 1.54) is 12.0 Å². The van der Waals surface area contributed by atoms with Gasteiger partial charge in [-0.15, -0.1) is 0 Å². The van der Waals surface area contributed by atoms with Gasteiger partial charge in [-0.25, -0.2) is 4.79 Å². The van der Waals surface area contributed by atoms with Gasteiger partial charge in [0.05, 0.1) is 25.7 Å². The van der Waals surface area contributed by atoms with Crippen LogP contribution in [-0.2, 0) is 33.0 Å².